The molecule has 0 saturated carbocycles. The maximum atomic E-state index is 5.24. The maximum Gasteiger partial charge on any atom is 0.168 e. The van der Waals surface area contributed by atoms with Gasteiger partial charge in [0, 0.05) is 18.5 Å². The largest absolute Gasteiger partial charge is 0.337 e. The van der Waals surface area contributed by atoms with Crippen LogP contribution in [0.1, 0.15) is 12.5 Å². The molecule has 1 atom stereocenters. The van der Waals surface area contributed by atoms with Crippen LogP contribution in [-0.2, 0) is 11.3 Å². The SMILES string of the molecule is CCNCC1Cc2ccccc2OO1. The van der Waals surface area contributed by atoms with Crippen molar-refractivity contribution in [1.29, 1.82) is 0 Å². The topological polar surface area (TPSA) is 30.5 Å². The molecule has 76 valence electrons. The van der Waals surface area contributed by atoms with E-state index < -0.39 is 0 Å². The van der Waals surface area contributed by atoms with Gasteiger partial charge >= 0.3 is 0 Å². The van der Waals surface area contributed by atoms with E-state index in [0.29, 0.717) is 0 Å². The van der Waals surface area contributed by atoms with Crippen LogP contribution in [0, 0.1) is 0 Å². The van der Waals surface area contributed by atoms with E-state index in [1.54, 1.807) is 0 Å². The summed E-state index contributed by atoms with van der Waals surface area (Å²) in [7, 11) is 0. The molecule has 0 radical (unpaired) electrons. The highest BCUT2D eigenvalue weighted by molar-refractivity contribution is 5.34. The van der Waals surface area contributed by atoms with Crippen LogP contribution in [0.2, 0.25) is 0 Å². The third-order valence-corrected chi connectivity index (χ3v) is 2.32. The van der Waals surface area contributed by atoms with E-state index in [4.69, 9.17) is 9.78 Å². The maximum absolute atomic E-state index is 5.24. The van der Waals surface area contributed by atoms with Gasteiger partial charge in [0.15, 0.2) is 5.75 Å². The van der Waals surface area contributed by atoms with Crippen molar-refractivity contribution in [3.63, 3.8) is 0 Å². The van der Waals surface area contributed by atoms with Gasteiger partial charge < -0.3 is 10.2 Å². The first-order valence-corrected chi connectivity index (χ1v) is 5.02. The first-order chi connectivity index (χ1) is 6.90. The number of fused-ring (bicyclic) bond motifs is 1. The lowest BCUT2D eigenvalue weighted by molar-refractivity contribution is -0.252. The molecule has 1 unspecified atom stereocenters. The zero-order chi connectivity index (χ0) is 9.80. The lowest BCUT2D eigenvalue weighted by atomic mass is 10.1. The highest BCUT2D eigenvalue weighted by atomic mass is 17.2. The molecule has 0 aromatic heterocycles. The normalized spacial score (nSPS) is 19.9. The summed E-state index contributed by atoms with van der Waals surface area (Å²) in [5.41, 5.74) is 1.22. The van der Waals surface area contributed by atoms with Gasteiger partial charge in [-0.1, -0.05) is 25.1 Å². The fourth-order valence-corrected chi connectivity index (χ4v) is 1.56. The van der Waals surface area contributed by atoms with E-state index in [-0.39, 0.29) is 6.10 Å². The molecule has 0 fully saturated rings. The molecule has 14 heavy (non-hydrogen) atoms. The predicted molar refractivity (Wildman–Crippen MR) is 54.2 cm³/mol. The van der Waals surface area contributed by atoms with Crippen LogP contribution in [0.5, 0.6) is 5.75 Å². The van der Waals surface area contributed by atoms with Crippen LogP contribution < -0.4 is 10.2 Å². The highest BCUT2D eigenvalue weighted by Crippen LogP contribution is 2.25. The Morgan fingerprint density at radius 3 is 3.14 bits per heavy atom. The van der Waals surface area contributed by atoms with Crippen LogP contribution in [-0.4, -0.2) is 19.2 Å². The summed E-state index contributed by atoms with van der Waals surface area (Å²) in [5, 5.41) is 3.24. The number of hydrogen-bond acceptors (Lipinski definition) is 3. The Balaban J connectivity index is 1.99. The second-order valence-electron chi connectivity index (χ2n) is 3.42. The third-order valence-electron chi connectivity index (χ3n) is 2.32. The van der Waals surface area contributed by atoms with E-state index in [2.05, 4.69) is 18.3 Å². The number of rotatable bonds is 3. The minimum Gasteiger partial charge on any atom is -0.337 e. The molecule has 1 heterocycles. The van der Waals surface area contributed by atoms with E-state index in [1.165, 1.54) is 5.56 Å². The van der Waals surface area contributed by atoms with Crippen LogP contribution in [0.25, 0.3) is 0 Å². The van der Waals surface area contributed by atoms with Crippen molar-refractivity contribution in [1.82, 2.24) is 5.32 Å². The van der Waals surface area contributed by atoms with Gasteiger partial charge in [-0.05, 0) is 12.6 Å². The summed E-state index contributed by atoms with van der Waals surface area (Å²) < 4.78 is 0. The van der Waals surface area contributed by atoms with Gasteiger partial charge in [0.25, 0.3) is 0 Å². The van der Waals surface area contributed by atoms with Crippen molar-refractivity contribution >= 4 is 0 Å². The molecule has 1 aromatic rings. The van der Waals surface area contributed by atoms with E-state index in [9.17, 15) is 0 Å². The Bertz CT molecular complexity index is 301. The zero-order valence-electron chi connectivity index (χ0n) is 8.32. The average molecular weight is 193 g/mol. The molecule has 2 rings (SSSR count). The van der Waals surface area contributed by atoms with E-state index in [0.717, 1.165) is 25.3 Å². The Morgan fingerprint density at radius 1 is 1.43 bits per heavy atom. The molecule has 1 aliphatic rings. The standard InChI is InChI=1S/C11H15NO2/c1-2-12-8-10-7-9-5-3-4-6-11(9)14-13-10/h3-6,10,12H,2,7-8H2,1H3. The van der Waals surface area contributed by atoms with Crippen molar-refractivity contribution in [2.45, 2.75) is 19.4 Å². The molecule has 3 nitrogen and oxygen atoms in total. The van der Waals surface area contributed by atoms with Crippen molar-refractivity contribution in [3.05, 3.63) is 29.8 Å². The Hall–Kier alpha value is -1.06. The highest BCUT2D eigenvalue weighted by Gasteiger charge is 2.20. The lowest BCUT2D eigenvalue weighted by Gasteiger charge is -2.23. The molecule has 0 saturated heterocycles. The van der Waals surface area contributed by atoms with Gasteiger partial charge in [0.2, 0.25) is 0 Å². The second kappa shape index (κ2) is 4.44. The van der Waals surface area contributed by atoms with Gasteiger partial charge in [-0.25, -0.2) is 0 Å². The van der Waals surface area contributed by atoms with Gasteiger partial charge in [-0.2, -0.15) is 4.89 Å². The smallest absolute Gasteiger partial charge is 0.168 e. The second-order valence-corrected chi connectivity index (χ2v) is 3.42. The molecule has 0 spiro atoms. The summed E-state index contributed by atoms with van der Waals surface area (Å²) in [5.74, 6) is 0.847. The molecule has 3 heteroatoms. The quantitative estimate of drug-likeness (QED) is 0.738. The number of benzene rings is 1. The van der Waals surface area contributed by atoms with Crippen LogP contribution in [0.4, 0.5) is 0 Å². The van der Waals surface area contributed by atoms with Crippen molar-refractivity contribution in [2.75, 3.05) is 13.1 Å². The van der Waals surface area contributed by atoms with Crippen molar-refractivity contribution < 1.29 is 9.78 Å². The van der Waals surface area contributed by atoms with Crippen molar-refractivity contribution in [2.24, 2.45) is 0 Å². The molecule has 0 amide bonds. The lowest BCUT2D eigenvalue weighted by Crippen LogP contribution is -2.34. The van der Waals surface area contributed by atoms with Gasteiger partial charge in [0.05, 0.1) is 0 Å². The molecular weight excluding hydrogens is 178 g/mol. The third kappa shape index (κ3) is 2.05. The minimum absolute atomic E-state index is 0.129. The number of para-hydroxylation sites is 1. The number of nitrogens with one attached hydrogen (secondary N) is 1. The Kier molecular flexibility index (Phi) is 3.01. The molecular formula is C11H15NO2. The summed E-state index contributed by atoms with van der Waals surface area (Å²) in [6.07, 6.45) is 1.05. The summed E-state index contributed by atoms with van der Waals surface area (Å²) in [6.45, 7) is 3.88. The molecule has 0 aliphatic carbocycles. The number of hydrogen-bond donors (Lipinski definition) is 1. The van der Waals surface area contributed by atoms with Crippen LogP contribution >= 0.6 is 0 Å². The fourth-order valence-electron chi connectivity index (χ4n) is 1.56. The fraction of sp³-hybridized carbons (Fsp3) is 0.455. The summed E-state index contributed by atoms with van der Waals surface area (Å²) in [6, 6.07) is 7.99. The monoisotopic (exact) mass is 193 g/mol. The zero-order valence-corrected chi connectivity index (χ0v) is 8.32. The molecule has 1 aromatic carbocycles. The first-order valence-electron chi connectivity index (χ1n) is 5.02. The van der Waals surface area contributed by atoms with Gasteiger partial charge in [-0.15, -0.1) is 0 Å². The Morgan fingerprint density at radius 2 is 2.29 bits per heavy atom. The number of likely N-dealkylation sites (N-methyl/N-ethyl adjacent to an activating group) is 1. The Labute approximate surface area is 84.0 Å². The van der Waals surface area contributed by atoms with E-state index >= 15 is 0 Å². The molecule has 0 bridgehead atoms. The average Bonchev–Trinajstić information content (AvgIpc) is 2.26. The van der Waals surface area contributed by atoms with Crippen LogP contribution in [0.15, 0.2) is 24.3 Å². The van der Waals surface area contributed by atoms with Crippen LogP contribution in [0.3, 0.4) is 0 Å². The predicted octanol–water partition coefficient (Wildman–Crippen LogP) is 1.53. The molecule has 1 aliphatic heterocycles. The van der Waals surface area contributed by atoms with Gasteiger partial charge in [-0.3, -0.25) is 0 Å². The van der Waals surface area contributed by atoms with Gasteiger partial charge in [0.1, 0.15) is 6.10 Å². The summed E-state index contributed by atoms with van der Waals surface area (Å²) >= 11 is 0. The minimum atomic E-state index is 0.129. The van der Waals surface area contributed by atoms with Crippen molar-refractivity contribution in [3.8, 4) is 5.75 Å². The first kappa shape index (κ1) is 9.49. The van der Waals surface area contributed by atoms with E-state index in [1.807, 2.05) is 18.2 Å². The molecule has 1 N–H and O–H groups in total. The summed E-state index contributed by atoms with van der Waals surface area (Å²) in [4.78, 5) is 10.4.